The molecule has 0 spiro atoms. The van der Waals surface area contributed by atoms with Crippen LogP contribution in [0.5, 0.6) is 0 Å². The van der Waals surface area contributed by atoms with Gasteiger partial charge in [0.25, 0.3) is 5.91 Å². The fourth-order valence-corrected chi connectivity index (χ4v) is 4.56. The molecule has 1 heterocycles. The highest BCUT2D eigenvalue weighted by Gasteiger charge is 2.50. The molecule has 1 saturated carbocycles. The Hall–Kier alpha value is -1.84. The Balaban J connectivity index is 1.54. The second-order valence-corrected chi connectivity index (χ2v) is 8.15. The number of nitrogens with zero attached hydrogens (tertiary/aromatic N) is 2. The van der Waals surface area contributed by atoms with Crippen molar-refractivity contribution in [2.75, 3.05) is 13.2 Å². The van der Waals surface area contributed by atoms with Crippen molar-refractivity contribution in [3.63, 3.8) is 0 Å². The van der Waals surface area contributed by atoms with Crippen molar-refractivity contribution in [3.05, 3.63) is 35.9 Å². The van der Waals surface area contributed by atoms with E-state index in [0.29, 0.717) is 11.5 Å². The number of oxime groups is 1. The molecular weight excluding hydrogens is 288 g/mol. The van der Waals surface area contributed by atoms with Crippen LogP contribution in [0.15, 0.2) is 35.5 Å². The average molecular weight is 314 g/mol. The molecule has 23 heavy (non-hydrogen) atoms. The molecule has 124 valence electrons. The number of rotatable bonds is 4. The maximum Gasteiger partial charge on any atom is 0.263 e. The van der Waals surface area contributed by atoms with Gasteiger partial charge in [-0.15, -0.1) is 0 Å². The average Bonchev–Trinajstić information content (AvgIpc) is 2.73. The van der Waals surface area contributed by atoms with Crippen LogP contribution < -0.4 is 0 Å². The Morgan fingerprint density at radius 2 is 2.04 bits per heavy atom. The zero-order valence-electron chi connectivity index (χ0n) is 14.3. The van der Waals surface area contributed by atoms with Crippen molar-refractivity contribution in [2.45, 2.75) is 46.1 Å². The molecule has 3 rings (SSSR count). The minimum absolute atomic E-state index is 0.0241. The SMILES string of the molecule is CC1(C)C[C@H]2C[C@@](C)(CN2C(=O)CO/N=C\c2ccccc2)C1. The molecule has 1 amide bonds. The van der Waals surface area contributed by atoms with E-state index in [1.807, 2.05) is 35.2 Å². The number of carbonyl (C=O) groups is 1. The highest BCUT2D eigenvalue weighted by Crippen LogP contribution is 2.52. The first-order chi connectivity index (χ1) is 10.9. The molecule has 1 aromatic carbocycles. The molecule has 0 radical (unpaired) electrons. The van der Waals surface area contributed by atoms with Crippen molar-refractivity contribution in [2.24, 2.45) is 16.0 Å². The summed E-state index contributed by atoms with van der Waals surface area (Å²) in [4.78, 5) is 19.7. The van der Waals surface area contributed by atoms with Gasteiger partial charge in [-0.1, -0.05) is 56.3 Å². The Bertz CT molecular complexity index is 597. The van der Waals surface area contributed by atoms with Gasteiger partial charge in [-0.25, -0.2) is 0 Å². The number of hydrogen-bond donors (Lipinski definition) is 0. The van der Waals surface area contributed by atoms with Gasteiger partial charge in [-0.3, -0.25) is 4.79 Å². The van der Waals surface area contributed by atoms with E-state index in [2.05, 4.69) is 25.9 Å². The van der Waals surface area contributed by atoms with Crippen LogP contribution in [0, 0.1) is 10.8 Å². The molecule has 0 N–H and O–H groups in total. The first kappa shape index (κ1) is 16.0. The largest absolute Gasteiger partial charge is 0.386 e. The van der Waals surface area contributed by atoms with Crippen LogP contribution in [-0.2, 0) is 9.63 Å². The standard InChI is InChI=1S/C19H26N2O2/c1-18(2)9-16-10-19(3,13-18)14-21(16)17(22)12-23-20-11-15-7-5-4-6-8-15/h4-8,11,16H,9-10,12-14H2,1-3H3/b20-11-/t16-,19+/m0/s1. The Morgan fingerprint density at radius 1 is 1.30 bits per heavy atom. The van der Waals surface area contributed by atoms with Gasteiger partial charge in [0.05, 0.1) is 6.21 Å². The first-order valence-electron chi connectivity index (χ1n) is 8.37. The smallest absolute Gasteiger partial charge is 0.263 e. The molecule has 1 aromatic rings. The Labute approximate surface area is 138 Å². The van der Waals surface area contributed by atoms with E-state index in [9.17, 15) is 4.79 Å². The molecule has 1 aliphatic carbocycles. The topological polar surface area (TPSA) is 41.9 Å². The van der Waals surface area contributed by atoms with Crippen LogP contribution >= 0.6 is 0 Å². The van der Waals surface area contributed by atoms with Crippen molar-refractivity contribution in [1.82, 2.24) is 4.90 Å². The molecular formula is C19H26N2O2. The fraction of sp³-hybridized carbons (Fsp3) is 0.579. The van der Waals surface area contributed by atoms with Gasteiger partial charge < -0.3 is 9.74 Å². The van der Waals surface area contributed by atoms with Crippen LogP contribution in [0.2, 0.25) is 0 Å². The van der Waals surface area contributed by atoms with Gasteiger partial charge in [-0.2, -0.15) is 0 Å². The molecule has 4 heteroatoms. The molecule has 2 bridgehead atoms. The number of amides is 1. The second kappa shape index (κ2) is 5.99. The summed E-state index contributed by atoms with van der Waals surface area (Å²) in [6, 6.07) is 10.1. The lowest BCUT2D eigenvalue weighted by atomic mass is 9.65. The second-order valence-electron chi connectivity index (χ2n) is 8.15. The first-order valence-corrected chi connectivity index (χ1v) is 8.37. The third-order valence-electron chi connectivity index (χ3n) is 5.00. The summed E-state index contributed by atoms with van der Waals surface area (Å²) in [5.41, 5.74) is 1.54. The van der Waals surface area contributed by atoms with Crippen molar-refractivity contribution >= 4 is 12.1 Å². The van der Waals surface area contributed by atoms with Gasteiger partial charge in [0.1, 0.15) is 0 Å². The summed E-state index contributed by atoms with van der Waals surface area (Å²) in [7, 11) is 0. The lowest BCUT2D eigenvalue weighted by Gasteiger charge is -2.39. The van der Waals surface area contributed by atoms with Gasteiger partial charge >= 0.3 is 0 Å². The van der Waals surface area contributed by atoms with Gasteiger partial charge in [0.15, 0.2) is 6.61 Å². The zero-order chi connectivity index (χ0) is 16.5. The van der Waals surface area contributed by atoms with Gasteiger partial charge in [0, 0.05) is 12.6 Å². The number of carbonyl (C=O) groups excluding carboxylic acids is 1. The molecule has 0 unspecified atom stereocenters. The lowest BCUT2D eigenvalue weighted by molar-refractivity contribution is -0.137. The van der Waals surface area contributed by atoms with E-state index in [1.165, 1.54) is 6.42 Å². The van der Waals surface area contributed by atoms with E-state index < -0.39 is 0 Å². The van der Waals surface area contributed by atoms with Crippen LogP contribution in [0.1, 0.15) is 45.6 Å². The van der Waals surface area contributed by atoms with Crippen molar-refractivity contribution in [3.8, 4) is 0 Å². The molecule has 1 saturated heterocycles. The van der Waals surface area contributed by atoms with E-state index in [1.54, 1.807) is 6.21 Å². The maximum atomic E-state index is 12.5. The zero-order valence-corrected chi connectivity index (χ0v) is 14.3. The predicted octanol–water partition coefficient (Wildman–Crippen LogP) is 3.46. The third-order valence-corrected chi connectivity index (χ3v) is 5.00. The molecule has 0 aromatic heterocycles. The van der Waals surface area contributed by atoms with E-state index in [-0.39, 0.29) is 17.9 Å². The highest BCUT2D eigenvalue weighted by atomic mass is 16.6. The molecule has 2 aliphatic rings. The van der Waals surface area contributed by atoms with Crippen LogP contribution in [0.25, 0.3) is 0 Å². The van der Waals surface area contributed by atoms with E-state index in [0.717, 1.165) is 24.9 Å². The van der Waals surface area contributed by atoms with Crippen LogP contribution in [0.3, 0.4) is 0 Å². The van der Waals surface area contributed by atoms with Gasteiger partial charge in [0.2, 0.25) is 0 Å². The monoisotopic (exact) mass is 314 g/mol. The normalized spacial score (nSPS) is 29.0. The summed E-state index contributed by atoms with van der Waals surface area (Å²) in [5.74, 6) is 0.0571. The Kier molecular flexibility index (Phi) is 4.17. The third kappa shape index (κ3) is 3.74. The number of likely N-dealkylation sites (tertiary alicyclic amines) is 1. The van der Waals surface area contributed by atoms with E-state index in [4.69, 9.17) is 4.84 Å². The number of hydrogen-bond acceptors (Lipinski definition) is 3. The van der Waals surface area contributed by atoms with Crippen LogP contribution in [-0.4, -0.2) is 36.2 Å². The van der Waals surface area contributed by atoms with E-state index >= 15 is 0 Å². The minimum Gasteiger partial charge on any atom is -0.386 e. The van der Waals surface area contributed by atoms with Gasteiger partial charge in [-0.05, 0) is 35.7 Å². The molecule has 2 atom stereocenters. The maximum absolute atomic E-state index is 12.5. The summed E-state index contributed by atoms with van der Waals surface area (Å²) in [6.45, 7) is 7.81. The molecule has 4 nitrogen and oxygen atoms in total. The van der Waals surface area contributed by atoms with Crippen LogP contribution in [0.4, 0.5) is 0 Å². The van der Waals surface area contributed by atoms with Crippen molar-refractivity contribution in [1.29, 1.82) is 0 Å². The quantitative estimate of drug-likeness (QED) is 0.631. The molecule has 1 aliphatic heterocycles. The molecule has 2 fully saturated rings. The summed E-state index contributed by atoms with van der Waals surface area (Å²) < 4.78 is 0. The minimum atomic E-state index is 0.0241. The lowest BCUT2D eigenvalue weighted by Crippen LogP contribution is -2.39. The number of fused-ring (bicyclic) bond motifs is 2. The summed E-state index contributed by atoms with van der Waals surface area (Å²) in [6.07, 6.45) is 5.03. The summed E-state index contributed by atoms with van der Waals surface area (Å²) in [5, 5.41) is 3.91. The predicted molar refractivity (Wildman–Crippen MR) is 91.2 cm³/mol. The fourth-order valence-electron chi connectivity index (χ4n) is 4.56. The van der Waals surface area contributed by atoms with Crippen molar-refractivity contribution < 1.29 is 9.63 Å². The Morgan fingerprint density at radius 3 is 2.78 bits per heavy atom. The highest BCUT2D eigenvalue weighted by molar-refractivity contribution is 5.80. The number of benzene rings is 1. The summed E-state index contributed by atoms with van der Waals surface area (Å²) >= 11 is 0.